The minimum absolute atomic E-state index is 0.101. The smallest absolute Gasteiger partial charge is 0.320 e. The zero-order valence-electron chi connectivity index (χ0n) is 16.1. The van der Waals surface area contributed by atoms with Crippen LogP contribution in [0.15, 0.2) is 41.6 Å². The maximum absolute atomic E-state index is 13.1. The van der Waals surface area contributed by atoms with Gasteiger partial charge in [-0.1, -0.05) is 29.8 Å². The van der Waals surface area contributed by atoms with Gasteiger partial charge in [0.05, 0.1) is 44.0 Å². The Balaban J connectivity index is 3.06. The molecule has 0 aromatic heterocycles. The van der Waals surface area contributed by atoms with Gasteiger partial charge in [0.15, 0.2) is 0 Å². The van der Waals surface area contributed by atoms with Gasteiger partial charge in [0.2, 0.25) is 5.41 Å². The van der Waals surface area contributed by atoms with Gasteiger partial charge in [0.1, 0.15) is 11.5 Å². The first-order chi connectivity index (χ1) is 13.8. The van der Waals surface area contributed by atoms with Crippen LogP contribution in [-0.4, -0.2) is 26.2 Å². The minimum atomic E-state index is -2.37. The fraction of sp³-hybridized carbons (Fsp3) is 0.286. The van der Waals surface area contributed by atoms with Crippen LogP contribution in [-0.2, 0) is 19.1 Å². The Morgan fingerprint density at radius 3 is 2.10 bits per heavy atom. The molecule has 1 aromatic carbocycles. The SMILES string of the molecule is COC(=O)CC1(C(=O)OC)C(c2ccc(C)cc2)=CC(C#N)=C(N)C1(C#N)C#N. The normalized spacial score (nSPS) is 19.8. The quantitative estimate of drug-likeness (QED) is 0.766. The second kappa shape index (κ2) is 7.88. The second-order valence-electron chi connectivity index (χ2n) is 6.49. The van der Waals surface area contributed by atoms with Crippen molar-refractivity contribution in [2.45, 2.75) is 13.3 Å². The number of methoxy groups -OCH3 is 2. The van der Waals surface area contributed by atoms with E-state index in [2.05, 4.69) is 0 Å². The number of carbonyl (C=O) groups is 2. The molecule has 0 bridgehead atoms. The van der Waals surface area contributed by atoms with Gasteiger partial charge < -0.3 is 15.2 Å². The zero-order valence-corrected chi connectivity index (χ0v) is 16.1. The molecule has 8 heteroatoms. The van der Waals surface area contributed by atoms with E-state index in [1.54, 1.807) is 36.4 Å². The van der Waals surface area contributed by atoms with Crippen molar-refractivity contribution >= 4 is 17.5 Å². The number of hydrogen-bond donors (Lipinski definition) is 1. The predicted octanol–water partition coefficient (Wildman–Crippen LogP) is 1.88. The molecule has 1 aliphatic carbocycles. The van der Waals surface area contributed by atoms with Crippen LogP contribution in [0.1, 0.15) is 17.5 Å². The molecule has 2 N–H and O–H groups in total. The maximum atomic E-state index is 13.1. The molecule has 0 spiro atoms. The maximum Gasteiger partial charge on any atom is 0.320 e. The van der Waals surface area contributed by atoms with Crippen molar-refractivity contribution in [1.29, 1.82) is 15.8 Å². The van der Waals surface area contributed by atoms with Gasteiger partial charge in [-0.15, -0.1) is 0 Å². The first kappa shape index (κ1) is 21.2. The van der Waals surface area contributed by atoms with E-state index in [4.69, 9.17) is 15.2 Å². The monoisotopic (exact) mass is 390 g/mol. The molecule has 29 heavy (non-hydrogen) atoms. The van der Waals surface area contributed by atoms with E-state index >= 15 is 0 Å². The number of benzene rings is 1. The molecule has 0 saturated carbocycles. The van der Waals surface area contributed by atoms with E-state index in [0.29, 0.717) is 5.56 Å². The summed E-state index contributed by atoms with van der Waals surface area (Å²) in [5, 5.41) is 29.6. The third-order valence-electron chi connectivity index (χ3n) is 5.07. The summed E-state index contributed by atoms with van der Waals surface area (Å²) in [6.45, 7) is 1.86. The summed E-state index contributed by atoms with van der Waals surface area (Å²) >= 11 is 0. The Bertz CT molecular complexity index is 1030. The summed E-state index contributed by atoms with van der Waals surface area (Å²) in [6.07, 6.45) is 0.628. The lowest BCUT2D eigenvalue weighted by molar-refractivity contribution is -0.159. The Labute approximate surface area is 168 Å². The van der Waals surface area contributed by atoms with E-state index in [9.17, 15) is 25.4 Å². The van der Waals surface area contributed by atoms with Crippen molar-refractivity contribution in [3.63, 3.8) is 0 Å². The van der Waals surface area contributed by atoms with E-state index < -0.39 is 34.9 Å². The number of rotatable bonds is 4. The van der Waals surface area contributed by atoms with Gasteiger partial charge in [-0.25, -0.2) is 0 Å². The first-order valence-corrected chi connectivity index (χ1v) is 8.45. The molecule has 0 radical (unpaired) electrons. The van der Waals surface area contributed by atoms with Crippen molar-refractivity contribution < 1.29 is 19.1 Å². The van der Waals surface area contributed by atoms with Gasteiger partial charge >= 0.3 is 11.9 Å². The van der Waals surface area contributed by atoms with Crippen LogP contribution < -0.4 is 5.73 Å². The van der Waals surface area contributed by atoms with E-state index in [-0.39, 0.29) is 11.1 Å². The molecular weight excluding hydrogens is 372 g/mol. The van der Waals surface area contributed by atoms with Gasteiger partial charge in [0, 0.05) is 0 Å². The molecule has 0 aliphatic heterocycles. The molecule has 1 unspecified atom stereocenters. The molecule has 2 rings (SSSR count). The molecule has 0 amide bonds. The molecule has 8 nitrogen and oxygen atoms in total. The second-order valence-corrected chi connectivity index (χ2v) is 6.49. The summed E-state index contributed by atoms with van der Waals surface area (Å²) < 4.78 is 9.67. The summed E-state index contributed by atoms with van der Waals surface area (Å²) in [4.78, 5) is 25.4. The van der Waals surface area contributed by atoms with Crippen molar-refractivity contribution in [2.75, 3.05) is 14.2 Å². The Morgan fingerprint density at radius 1 is 1.07 bits per heavy atom. The van der Waals surface area contributed by atoms with Crippen LogP contribution in [0.25, 0.3) is 5.57 Å². The van der Waals surface area contributed by atoms with Crippen LogP contribution in [0.2, 0.25) is 0 Å². The van der Waals surface area contributed by atoms with E-state index in [0.717, 1.165) is 19.8 Å². The lowest BCUT2D eigenvalue weighted by atomic mass is 9.53. The molecule has 0 fully saturated rings. The number of esters is 2. The fourth-order valence-electron chi connectivity index (χ4n) is 3.50. The average molecular weight is 390 g/mol. The Kier molecular flexibility index (Phi) is 5.76. The van der Waals surface area contributed by atoms with Crippen LogP contribution in [0.4, 0.5) is 0 Å². The van der Waals surface area contributed by atoms with Crippen LogP contribution in [0.5, 0.6) is 0 Å². The standard InChI is InChI=1S/C21H18N4O4/c1-13-4-6-14(7-5-13)16-8-15(10-22)18(25)20(11-23,12-24)21(16,19(27)29-3)9-17(26)28-2/h4-8H,9,25H2,1-3H3. The number of nitriles is 3. The van der Waals surface area contributed by atoms with Gasteiger partial charge in [-0.3, -0.25) is 9.59 Å². The predicted molar refractivity (Wildman–Crippen MR) is 101 cm³/mol. The highest BCUT2D eigenvalue weighted by Crippen LogP contribution is 2.58. The topological polar surface area (TPSA) is 150 Å². The minimum Gasteiger partial charge on any atom is -0.469 e. The number of ether oxygens (including phenoxy) is 2. The van der Waals surface area contributed by atoms with Crippen molar-refractivity contribution in [1.82, 2.24) is 0 Å². The average Bonchev–Trinajstić information content (AvgIpc) is 2.74. The van der Waals surface area contributed by atoms with E-state index in [1.807, 2.05) is 13.0 Å². The molecular formula is C21H18N4O4. The Hall–Kier alpha value is -4.09. The third kappa shape index (κ3) is 2.99. The Morgan fingerprint density at radius 2 is 1.66 bits per heavy atom. The van der Waals surface area contributed by atoms with Crippen molar-refractivity contribution in [3.05, 3.63) is 52.7 Å². The molecule has 0 saturated heterocycles. The number of carbonyl (C=O) groups excluding carboxylic acids is 2. The number of aryl methyl sites for hydroxylation is 1. The highest BCUT2D eigenvalue weighted by Gasteiger charge is 2.66. The third-order valence-corrected chi connectivity index (χ3v) is 5.07. The molecule has 1 aromatic rings. The lowest BCUT2D eigenvalue weighted by Gasteiger charge is -2.43. The molecule has 0 heterocycles. The van der Waals surface area contributed by atoms with Crippen LogP contribution >= 0.6 is 0 Å². The fourth-order valence-corrected chi connectivity index (χ4v) is 3.50. The zero-order chi connectivity index (χ0) is 21.8. The summed E-state index contributed by atoms with van der Waals surface area (Å²) in [5.74, 6) is -1.87. The van der Waals surface area contributed by atoms with Crippen molar-refractivity contribution in [2.24, 2.45) is 16.6 Å². The van der Waals surface area contributed by atoms with Crippen molar-refractivity contribution in [3.8, 4) is 18.2 Å². The van der Waals surface area contributed by atoms with E-state index in [1.165, 1.54) is 6.08 Å². The van der Waals surface area contributed by atoms with Gasteiger partial charge in [-0.2, -0.15) is 15.8 Å². The largest absolute Gasteiger partial charge is 0.469 e. The van der Waals surface area contributed by atoms with Gasteiger partial charge in [-0.05, 0) is 24.1 Å². The summed E-state index contributed by atoms with van der Waals surface area (Å²) in [5.41, 5.74) is 2.42. The number of nitrogens with two attached hydrogens (primary N) is 1. The molecule has 146 valence electrons. The number of nitrogens with zero attached hydrogens (tertiary/aromatic N) is 3. The molecule has 1 aliphatic rings. The summed E-state index contributed by atoms with van der Waals surface area (Å²) in [6, 6.07) is 12.3. The van der Waals surface area contributed by atoms with Crippen LogP contribution in [0.3, 0.4) is 0 Å². The lowest BCUT2D eigenvalue weighted by Crippen LogP contribution is -2.53. The first-order valence-electron chi connectivity index (χ1n) is 8.45. The summed E-state index contributed by atoms with van der Waals surface area (Å²) in [7, 11) is 2.19. The van der Waals surface area contributed by atoms with Gasteiger partial charge in [0.25, 0.3) is 0 Å². The molecule has 1 atom stereocenters. The number of allylic oxidation sites excluding steroid dienone is 3. The number of hydrogen-bond acceptors (Lipinski definition) is 8. The highest BCUT2D eigenvalue weighted by atomic mass is 16.5. The van der Waals surface area contributed by atoms with Crippen LogP contribution in [0, 0.1) is 51.7 Å². The highest BCUT2D eigenvalue weighted by molar-refractivity contribution is 6.01.